The van der Waals surface area contributed by atoms with Crippen LogP contribution in [0.3, 0.4) is 0 Å². The highest BCUT2D eigenvalue weighted by molar-refractivity contribution is 5.92. The average Bonchev–Trinajstić information content (AvgIpc) is 2.25. The van der Waals surface area contributed by atoms with Gasteiger partial charge in [-0.15, -0.1) is 0 Å². The van der Waals surface area contributed by atoms with Gasteiger partial charge in [-0.25, -0.2) is 4.79 Å². The number of rotatable bonds is 3. The van der Waals surface area contributed by atoms with Gasteiger partial charge in [0.1, 0.15) is 6.29 Å². The van der Waals surface area contributed by atoms with Gasteiger partial charge in [0.05, 0.1) is 12.7 Å². The summed E-state index contributed by atoms with van der Waals surface area (Å²) in [5, 5.41) is 0. The summed E-state index contributed by atoms with van der Waals surface area (Å²) in [5.41, 5.74) is 1.72. The average molecular weight is 212 g/mol. The fourth-order valence-corrected chi connectivity index (χ4v) is 0.852. The zero-order valence-electron chi connectivity index (χ0n) is 10.2. The van der Waals surface area contributed by atoms with Crippen LogP contribution in [0.1, 0.15) is 34.1 Å². The second kappa shape index (κ2) is 10.7. The zero-order valence-corrected chi connectivity index (χ0v) is 10.2. The summed E-state index contributed by atoms with van der Waals surface area (Å²) in [6.07, 6.45) is 5.24. The second-order valence-electron chi connectivity index (χ2n) is 2.77. The van der Waals surface area contributed by atoms with E-state index in [1.165, 1.54) is 14.0 Å². The van der Waals surface area contributed by atoms with Crippen molar-refractivity contribution in [1.82, 2.24) is 0 Å². The van der Waals surface area contributed by atoms with Gasteiger partial charge in [0.15, 0.2) is 0 Å². The van der Waals surface area contributed by atoms with E-state index in [1.807, 2.05) is 26.8 Å². The molecule has 0 saturated heterocycles. The molecule has 0 bridgehead atoms. The van der Waals surface area contributed by atoms with Gasteiger partial charge >= 0.3 is 5.97 Å². The Balaban J connectivity index is 0. The van der Waals surface area contributed by atoms with Crippen LogP contribution < -0.4 is 0 Å². The summed E-state index contributed by atoms with van der Waals surface area (Å²) >= 11 is 0. The van der Waals surface area contributed by atoms with Crippen LogP contribution in [0.5, 0.6) is 0 Å². The van der Waals surface area contributed by atoms with Crippen molar-refractivity contribution < 1.29 is 14.3 Å². The van der Waals surface area contributed by atoms with Crippen molar-refractivity contribution >= 4 is 12.3 Å². The molecule has 0 spiro atoms. The minimum Gasteiger partial charge on any atom is -0.465 e. The Kier molecular flexibility index (Phi) is 11.5. The second-order valence-corrected chi connectivity index (χ2v) is 2.77. The Morgan fingerprint density at radius 3 is 2.07 bits per heavy atom. The summed E-state index contributed by atoms with van der Waals surface area (Å²) in [5.74, 6) is -0.257. The summed E-state index contributed by atoms with van der Waals surface area (Å²) < 4.78 is 4.64. The van der Waals surface area contributed by atoms with E-state index in [-0.39, 0.29) is 5.97 Å². The van der Waals surface area contributed by atoms with Gasteiger partial charge in [-0.3, -0.25) is 0 Å². The first kappa shape index (κ1) is 16.1. The molecule has 86 valence electrons. The molecule has 0 aromatic heterocycles. The number of carbonyl (C=O) groups excluding carboxylic acids is 2. The molecule has 0 heterocycles. The van der Waals surface area contributed by atoms with Gasteiger partial charge in [0.2, 0.25) is 0 Å². The molecular formula is C12H20O3. The Morgan fingerprint density at radius 2 is 1.80 bits per heavy atom. The molecule has 0 fully saturated rings. The van der Waals surface area contributed by atoms with Crippen molar-refractivity contribution in [2.45, 2.75) is 34.1 Å². The van der Waals surface area contributed by atoms with Crippen molar-refractivity contribution in [2.75, 3.05) is 7.11 Å². The first-order valence-electron chi connectivity index (χ1n) is 4.89. The number of allylic oxidation sites excluding steroid dienone is 2. The van der Waals surface area contributed by atoms with Gasteiger partial charge in [-0.1, -0.05) is 24.6 Å². The Hall–Kier alpha value is -1.38. The van der Waals surface area contributed by atoms with E-state index in [4.69, 9.17) is 4.79 Å². The number of carbonyl (C=O) groups is 2. The number of aldehydes is 1. The van der Waals surface area contributed by atoms with Gasteiger partial charge in [0, 0.05) is 0 Å². The highest BCUT2D eigenvalue weighted by Gasteiger charge is 2.07. The molecule has 3 heteroatoms. The third kappa shape index (κ3) is 7.67. The molecule has 15 heavy (non-hydrogen) atoms. The lowest BCUT2D eigenvalue weighted by Crippen LogP contribution is -2.04. The van der Waals surface area contributed by atoms with Crippen LogP contribution >= 0.6 is 0 Å². The van der Waals surface area contributed by atoms with E-state index < -0.39 is 0 Å². The normalized spacial score (nSPS) is 11.3. The summed E-state index contributed by atoms with van der Waals surface area (Å²) in [7, 11) is 1.40. The molecule has 0 saturated carbocycles. The van der Waals surface area contributed by atoms with Crippen LogP contribution in [-0.4, -0.2) is 19.4 Å². The smallest absolute Gasteiger partial charge is 0.337 e. The Morgan fingerprint density at radius 1 is 1.33 bits per heavy atom. The van der Waals surface area contributed by atoms with Gasteiger partial charge in [-0.2, -0.15) is 0 Å². The van der Waals surface area contributed by atoms with E-state index in [0.29, 0.717) is 5.57 Å². The molecule has 0 aliphatic heterocycles. The number of ether oxygens (including phenoxy) is 1. The van der Waals surface area contributed by atoms with Crippen molar-refractivity contribution in [1.29, 1.82) is 0 Å². The van der Waals surface area contributed by atoms with Crippen LogP contribution in [0.25, 0.3) is 0 Å². The monoisotopic (exact) mass is 212 g/mol. The molecule has 0 radical (unpaired) electrons. The predicted octanol–water partition coefficient (Wildman–Crippen LogP) is 2.67. The number of methoxy groups -OCH3 is 1. The molecule has 0 atom stereocenters. The first-order valence-corrected chi connectivity index (χ1v) is 4.89. The molecular weight excluding hydrogens is 192 g/mol. The van der Waals surface area contributed by atoms with E-state index in [2.05, 4.69) is 4.74 Å². The molecule has 0 amide bonds. The molecule has 3 nitrogen and oxygen atoms in total. The minimum atomic E-state index is -0.257. The largest absolute Gasteiger partial charge is 0.465 e. The minimum absolute atomic E-state index is 0.257. The van der Waals surface area contributed by atoms with Crippen LogP contribution in [0.4, 0.5) is 0 Å². The van der Waals surface area contributed by atoms with Gasteiger partial charge in [0.25, 0.3) is 0 Å². The fraction of sp³-hybridized carbons (Fsp3) is 0.500. The van der Waals surface area contributed by atoms with Gasteiger partial charge < -0.3 is 9.53 Å². The molecule has 0 N–H and O–H groups in total. The van der Waals surface area contributed by atoms with Gasteiger partial charge in [-0.05, 0) is 27.2 Å². The third-order valence-electron chi connectivity index (χ3n) is 1.73. The topological polar surface area (TPSA) is 43.4 Å². The fourth-order valence-electron chi connectivity index (χ4n) is 0.852. The quantitative estimate of drug-likeness (QED) is 0.312. The van der Waals surface area contributed by atoms with E-state index in [9.17, 15) is 4.79 Å². The van der Waals surface area contributed by atoms with E-state index >= 15 is 0 Å². The lowest BCUT2D eigenvalue weighted by molar-refractivity contribution is -0.135. The zero-order chi connectivity index (χ0) is 12.3. The maximum atomic E-state index is 11.2. The lowest BCUT2D eigenvalue weighted by Gasteiger charge is -2.03. The Bertz CT molecular complexity index is 250. The van der Waals surface area contributed by atoms with Crippen LogP contribution in [-0.2, 0) is 14.3 Å². The number of esters is 1. The lowest BCUT2D eigenvalue weighted by atomic mass is 10.1. The predicted molar refractivity (Wildman–Crippen MR) is 61.6 cm³/mol. The highest BCUT2D eigenvalue weighted by atomic mass is 16.5. The highest BCUT2D eigenvalue weighted by Crippen LogP contribution is 2.10. The molecule has 0 aromatic rings. The molecule has 0 aliphatic rings. The molecule has 0 aliphatic carbocycles. The third-order valence-corrected chi connectivity index (χ3v) is 1.73. The number of hydrogen-bond donors (Lipinski definition) is 0. The van der Waals surface area contributed by atoms with E-state index in [0.717, 1.165) is 18.3 Å². The number of hydrogen-bond acceptors (Lipinski definition) is 3. The maximum Gasteiger partial charge on any atom is 0.337 e. The summed E-state index contributed by atoms with van der Waals surface area (Å²) in [6, 6.07) is 0. The van der Waals surface area contributed by atoms with Crippen LogP contribution in [0, 0.1) is 0 Å². The molecule has 0 rings (SSSR count). The maximum absolute atomic E-state index is 11.2. The summed E-state index contributed by atoms with van der Waals surface area (Å²) in [4.78, 5) is 20.0. The van der Waals surface area contributed by atoms with Crippen molar-refractivity contribution in [3.05, 3.63) is 23.3 Å². The van der Waals surface area contributed by atoms with Crippen molar-refractivity contribution in [2.24, 2.45) is 0 Å². The first-order chi connectivity index (χ1) is 7.08. The Labute approximate surface area is 91.8 Å². The van der Waals surface area contributed by atoms with Crippen molar-refractivity contribution in [3.8, 4) is 0 Å². The molecule has 0 unspecified atom stereocenters. The van der Waals surface area contributed by atoms with Crippen LogP contribution in [0.15, 0.2) is 23.3 Å². The van der Waals surface area contributed by atoms with Crippen LogP contribution in [0.2, 0.25) is 0 Å². The standard InChI is InChI=1S/C10H16O2.C2H4O/c1-5-7-9(8(3)6-2)10(11)12-4;1-2-3/h5,7H,6H2,1-4H3;2H,1H3/b7-5-,9-8+;. The SMILES string of the molecule is C/C=C\C(C(=O)OC)=C(\C)CC.CC=O. The summed E-state index contributed by atoms with van der Waals surface area (Å²) in [6.45, 7) is 7.28. The van der Waals surface area contributed by atoms with Crippen molar-refractivity contribution in [3.63, 3.8) is 0 Å². The molecule has 0 aromatic carbocycles. The van der Waals surface area contributed by atoms with E-state index in [1.54, 1.807) is 6.08 Å².